The zero-order valence-corrected chi connectivity index (χ0v) is 18.1. The van der Waals surface area contributed by atoms with Gasteiger partial charge in [-0.05, 0) is 55.7 Å². The molecule has 6 heteroatoms. The van der Waals surface area contributed by atoms with Crippen molar-refractivity contribution in [3.8, 4) is 16.9 Å². The number of H-pyrrole nitrogens is 1. The van der Waals surface area contributed by atoms with Crippen LogP contribution in [0.15, 0.2) is 46.3 Å². The molecule has 4 rings (SSSR count). The largest absolute Gasteiger partial charge is 0.490 e. The summed E-state index contributed by atoms with van der Waals surface area (Å²) in [5.41, 5.74) is 2.67. The van der Waals surface area contributed by atoms with Crippen LogP contribution >= 0.6 is 11.8 Å². The molecule has 0 spiro atoms. The monoisotopic (exact) mass is 412 g/mol. The molecule has 5 nitrogen and oxygen atoms in total. The molecule has 154 valence electrons. The van der Waals surface area contributed by atoms with Crippen molar-refractivity contribution in [2.45, 2.75) is 49.7 Å². The summed E-state index contributed by atoms with van der Waals surface area (Å²) in [6, 6.07) is 8.37. The lowest BCUT2D eigenvalue weighted by atomic mass is 9.94. The summed E-state index contributed by atoms with van der Waals surface area (Å²) >= 11 is 1.81. The molecule has 0 saturated heterocycles. The second kappa shape index (κ2) is 8.67. The average molecular weight is 413 g/mol. The van der Waals surface area contributed by atoms with Crippen molar-refractivity contribution >= 4 is 22.7 Å². The zero-order chi connectivity index (χ0) is 20.4. The summed E-state index contributed by atoms with van der Waals surface area (Å²) in [6.07, 6.45) is 8.34. The van der Waals surface area contributed by atoms with Gasteiger partial charge in [-0.15, -0.1) is 11.8 Å². The molecule has 2 heterocycles. The molecule has 1 N–H and O–H groups in total. The molecular weight excluding hydrogens is 384 g/mol. The van der Waals surface area contributed by atoms with Crippen molar-refractivity contribution < 1.29 is 9.47 Å². The van der Waals surface area contributed by atoms with Crippen molar-refractivity contribution in [1.82, 2.24) is 9.55 Å². The Morgan fingerprint density at radius 3 is 2.62 bits per heavy atom. The van der Waals surface area contributed by atoms with Crippen LogP contribution in [0.5, 0.6) is 5.75 Å². The first-order chi connectivity index (χ1) is 14.1. The van der Waals surface area contributed by atoms with Gasteiger partial charge in [-0.25, -0.2) is 0 Å². The molecule has 0 amide bonds. The Hall–Kier alpha value is -2.18. The van der Waals surface area contributed by atoms with E-state index in [9.17, 15) is 4.79 Å². The highest BCUT2D eigenvalue weighted by atomic mass is 32.2. The molecule has 1 fully saturated rings. The summed E-state index contributed by atoms with van der Waals surface area (Å²) in [7, 11) is 3.58. The number of aryl methyl sites for hydroxylation is 1. The predicted molar refractivity (Wildman–Crippen MR) is 119 cm³/mol. The van der Waals surface area contributed by atoms with Gasteiger partial charge in [0.25, 0.3) is 5.56 Å². The van der Waals surface area contributed by atoms with Crippen molar-refractivity contribution in [3.05, 3.63) is 47.0 Å². The number of fused-ring (bicyclic) bond motifs is 1. The van der Waals surface area contributed by atoms with Crippen molar-refractivity contribution in [2.24, 2.45) is 7.05 Å². The van der Waals surface area contributed by atoms with Crippen LogP contribution in [0.25, 0.3) is 22.0 Å². The standard InChI is InChI=1S/C23H28N2O3S/c1-4-29-17-9-10-21(28-16-7-5-15(27-3)6-8-16)19(13-17)20-14-25(2)23(26)22-18(20)11-12-24-22/h9-16,24H,4-8H2,1-3H3. The lowest BCUT2D eigenvalue weighted by Crippen LogP contribution is -2.27. The highest BCUT2D eigenvalue weighted by molar-refractivity contribution is 7.99. The molecule has 0 bridgehead atoms. The SMILES string of the molecule is CCSc1ccc(OC2CCC(OC)CC2)c(-c2cn(C)c(=O)c3[nH]ccc23)c1. The summed E-state index contributed by atoms with van der Waals surface area (Å²) in [5, 5.41) is 0.930. The molecular formula is C23H28N2O3S. The van der Waals surface area contributed by atoms with Crippen LogP contribution in [0.1, 0.15) is 32.6 Å². The predicted octanol–water partition coefficient (Wildman–Crippen LogP) is 4.98. The summed E-state index contributed by atoms with van der Waals surface area (Å²) in [6.45, 7) is 2.15. The third-order valence-corrected chi connectivity index (χ3v) is 6.57. The lowest BCUT2D eigenvalue weighted by molar-refractivity contribution is 0.0329. The molecule has 2 aromatic heterocycles. The second-order valence-corrected chi connectivity index (χ2v) is 8.91. The maximum Gasteiger partial charge on any atom is 0.274 e. The van der Waals surface area contributed by atoms with Crippen LogP contribution < -0.4 is 10.3 Å². The van der Waals surface area contributed by atoms with Crippen molar-refractivity contribution in [3.63, 3.8) is 0 Å². The number of aromatic amines is 1. The number of nitrogens with one attached hydrogen (secondary N) is 1. The molecule has 0 atom stereocenters. The van der Waals surface area contributed by atoms with Crippen molar-refractivity contribution in [2.75, 3.05) is 12.9 Å². The van der Waals surface area contributed by atoms with Crippen LogP contribution in [0, 0.1) is 0 Å². The topological polar surface area (TPSA) is 56.2 Å². The highest BCUT2D eigenvalue weighted by Crippen LogP contribution is 2.38. The van der Waals surface area contributed by atoms with Gasteiger partial charge in [0.2, 0.25) is 0 Å². The quantitative estimate of drug-likeness (QED) is 0.580. The van der Waals surface area contributed by atoms with E-state index in [0.29, 0.717) is 11.6 Å². The van der Waals surface area contributed by atoms with Gasteiger partial charge in [0.05, 0.1) is 12.2 Å². The number of rotatable bonds is 6. The second-order valence-electron chi connectivity index (χ2n) is 7.57. The summed E-state index contributed by atoms with van der Waals surface area (Å²) in [4.78, 5) is 16.8. The lowest BCUT2D eigenvalue weighted by Gasteiger charge is -2.29. The molecule has 1 aliphatic rings. The van der Waals surface area contributed by atoms with Gasteiger partial charge in [0.1, 0.15) is 11.3 Å². The van der Waals surface area contributed by atoms with Gasteiger partial charge < -0.3 is 19.0 Å². The van der Waals surface area contributed by atoms with E-state index in [1.165, 1.54) is 4.90 Å². The number of hydrogen-bond acceptors (Lipinski definition) is 4. The zero-order valence-electron chi connectivity index (χ0n) is 17.2. The first-order valence-electron chi connectivity index (χ1n) is 10.2. The summed E-state index contributed by atoms with van der Waals surface area (Å²) < 4.78 is 13.6. The average Bonchev–Trinajstić information content (AvgIpc) is 3.23. The number of pyridine rings is 1. The molecule has 1 aromatic carbocycles. The van der Waals surface area contributed by atoms with Gasteiger partial charge in [-0.1, -0.05) is 6.92 Å². The Kier molecular flexibility index (Phi) is 6.01. The minimum atomic E-state index is -0.0202. The van der Waals surface area contributed by atoms with Crippen LogP contribution in [0.2, 0.25) is 0 Å². The van der Waals surface area contributed by atoms with E-state index >= 15 is 0 Å². The van der Waals surface area contributed by atoms with Crippen LogP contribution in [-0.2, 0) is 11.8 Å². The van der Waals surface area contributed by atoms with Crippen LogP contribution in [0.4, 0.5) is 0 Å². The summed E-state index contributed by atoms with van der Waals surface area (Å²) in [5.74, 6) is 1.89. The number of thioether (sulfide) groups is 1. The van der Waals surface area contributed by atoms with Crippen LogP contribution in [0.3, 0.4) is 0 Å². The van der Waals surface area contributed by atoms with Crippen molar-refractivity contribution in [1.29, 1.82) is 0 Å². The van der Waals surface area contributed by atoms with E-state index in [2.05, 4.69) is 30.1 Å². The van der Waals surface area contributed by atoms with E-state index < -0.39 is 0 Å². The Labute approximate surface area is 175 Å². The fourth-order valence-corrected chi connectivity index (χ4v) is 4.83. The Morgan fingerprint density at radius 1 is 1.14 bits per heavy atom. The van der Waals surface area contributed by atoms with E-state index in [0.717, 1.165) is 53.7 Å². The normalized spacial score (nSPS) is 19.6. The number of hydrogen-bond donors (Lipinski definition) is 1. The molecule has 0 radical (unpaired) electrons. The van der Waals surface area contributed by atoms with Gasteiger partial charge in [-0.3, -0.25) is 4.79 Å². The minimum absolute atomic E-state index is 0.0202. The van der Waals surface area contributed by atoms with E-state index in [-0.39, 0.29) is 11.7 Å². The maximum atomic E-state index is 12.5. The molecule has 1 saturated carbocycles. The third kappa shape index (κ3) is 4.09. The molecule has 0 aliphatic heterocycles. The van der Waals surface area contributed by atoms with Gasteiger partial charge >= 0.3 is 0 Å². The van der Waals surface area contributed by atoms with Gasteiger partial charge in [0.15, 0.2) is 0 Å². The van der Waals surface area contributed by atoms with Gasteiger partial charge in [-0.2, -0.15) is 0 Å². The van der Waals surface area contributed by atoms with E-state index in [4.69, 9.17) is 9.47 Å². The molecule has 0 unspecified atom stereocenters. The number of methoxy groups -OCH3 is 1. The smallest absolute Gasteiger partial charge is 0.274 e. The first-order valence-corrected chi connectivity index (χ1v) is 11.2. The first kappa shape index (κ1) is 20.1. The Morgan fingerprint density at radius 2 is 1.90 bits per heavy atom. The fourth-order valence-electron chi connectivity index (χ4n) is 4.13. The number of aromatic nitrogens is 2. The molecule has 1 aliphatic carbocycles. The highest BCUT2D eigenvalue weighted by Gasteiger charge is 2.24. The Balaban J connectivity index is 1.76. The number of ether oxygens (including phenoxy) is 2. The molecule has 3 aromatic rings. The van der Waals surface area contributed by atoms with E-state index in [1.54, 1.807) is 18.7 Å². The van der Waals surface area contributed by atoms with E-state index in [1.807, 2.05) is 30.2 Å². The third-order valence-electron chi connectivity index (χ3n) is 5.69. The van der Waals surface area contributed by atoms with Crippen LogP contribution in [-0.4, -0.2) is 34.6 Å². The molecule has 29 heavy (non-hydrogen) atoms. The van der Waals surface area contributed by atoms with Gasteiger partial charge in [0, 0.05) is 48.0 Å². The number of nitrogens with zero attached hydrogens (tertiary/aromatic N) is 1. The fraction of sp³-hybridized carbons (Fsp3) is 0.435. The maximum absolute atomic E-state index is 12.5. The number of benzene rings is 1. The Bertz CT molecular complexity index is 1050. The minimum Gasteiger partial charge on any atom is -0.490 e.